The lowest BCUT2D eigenvalue weighted by atomic mass is 10.00. The van der Waals surface area contributed by atoms with Crippen LogP contribution >= 0.6 is 0 Å². The van der Waals surface area contributed by atoms with Crippen molar-refractivity contribution in [1.29, 1.82) is 0 Å². The largest absolute Gasteiger partial charge is 0.493 e. The highest BCUT2D eigenvalue weighted by Crippen LogP contribution is 2.31. The Bertz CT molecular complexity index is 678. The van der Waals surface area contributed by atoms with Crippen molar-refractivity contribution in [2.45, 2.75) is 45.1 Å². The van der Waals surface area contributed by atoms with Gasteiger partial charge in [0.05, 0.1) is 19.1 Å². The number of carbonyl (C=O) groups excluding carboxylic acids is 1. The van der Waals surface area contributed by atoms with Gasteiger partial charge in [-0.2, -0.15) is 0 Å². The fourth-order valence-corrected chi connectivity index (χ4v) is 3.13. The number of fused-ring (bicyclic) bond motifs is 1. The van der Waals surface area contributed by atoms with Gasteiger partial charge in [-0.1, -0.05) is 55.8 Å². The molecule has 2 aromatic carbocycles. The van der Waals surface area contributed by atoms with E-state index in [1.165, 1.54) is 18.4 Å². The van der Waals surface area contributed by atoms with Crippen molar-refractivity contribution in [3.8, 4) is 5.75 Å². The van der Waals surface area contributed by atoms with Gasteiger partial charge in [-0.05, 0) is 30.0 Å². The molecule has 3 heteroatoms. The summed E-state index contributed by atoms with van der Waals surface area (Å²) in [4.78, 5) is 12.4. The van der Waals surface area contributed by atoms with Crippen LogP contribution in [0.1, 0.15) is 48.9 Å². The molecule has 0 aliphatic carbocycles. The molecular weight excluding hydrogens is 298 g/mol. The Morgan fingerprint density at radius 3 is 2.67 bits per heavy atom. The Hall–Kier alpha value is -2.29. The zero-order valence-electron chi connectivity index (χ0n) is 14.3. The van der Waals surface area contributed by atoms with Crippen molar-refractivity contribution in [1.82, 2.24) is 5.32 Å². The predicted octanol–water partition coefficient (Wildman–Crippen LogP) is 4.21. The first-order valence-corrected chi connectivity index (χ1v) is 8.85. The maximum Gasteiger partial charge on any atom is 0.224 e. The van der Waals surface area contributed by atoms with Gasteiger partial charge in [-0.15, -0.1) is 0 Å². The van der Waals surface area contributed by atoms with Crippen molar-refractivity contribution < 1.29 is 9.53 Å². The van der Waals surface area contributed by atoms with E-state index in [-0.39, 0.29) is 11.9 Å². The van der Waals surface area contributed by atoms with Gasteiger partial charge in [-0.25, -0.2) is 0 Å². The first-order valence-electron chi connectivity index (χ1n) is 8.85. The minimum absolute atomic E-state index is 0.0475. The van der Waals surface area contributed by atoms with Gasteiger partial charge >= 0.3 is 0 Å². The van der Waals surface area contributed by atoms with Crippen molar-refractivity contribution >= 4 is 5.91 Å². The van der Waals surface area contributed by atoms with Crippen LogP contribution in [0.4, 0.5) is 0 Å². The summed E-state index contributed by atoms with van der Waals surface area (Å²) >= 11 is 0. The standard InChI is InChI=1S/C21H25NO2/c1-2-3-6-16-9-11-17(12-10-16)15-21(23)22-19-13-14-24-20-8-5-4-7-18(19)20/h4-5,7-12,19H,2-3,6,13-15H2,1H3,(H,22,23)/t19-/m0/s1. The van der Waals surface area contributed by atoms with E-state index in [0.29, 0.717) is 13.0 Å². The number of unbranched alkanes of at least 4 members (excludes halogenated alkanes) is 1. The number of benzene rings is 2. The molecule has 1 aliphatic heterocycles. The van der Waals surface area contributed by atoms with Crippen LogP contribution in [-0.2, 0) is 17.6 Å². The number of amides is 1. The molecule has 1 aliphatic rings. The zero-order chi connectivity index (χ0) is 16.8. The van der Waals surface area contributed by atoms with Crippen LogP contribution < -0.4 is 10.1 Å². The second kappa shape index (κ2) is 8.00. The number of carbonyl (C=O) groups is 1. The smallest absolute Gasteiger partial charge is 0.224 e. The van der Waals surface area contributed by atoms with Crippen LogP contribution in [0.25, 0.3) is 0 Å². The second-order valence-electron chi connectivity index (χ2n) is 6.39. The summed E-state index contributed by atoms with van der Waals surface area (Å²) in [5, 5.41) is 3.15. The molecule has 0 saturated heterocycles. The van der Waals surface area contributed by atoms with E-state index in [2.05, 4.69) is 36.5 Å². The highest BCUT2D eigenvalue weighted by Gasteiger charge is 2.22. The summed E-state index contributed by atoms with van der Waals surface area (Å²) in [6.45, 7) is 2.85. The van der Waals surface area contributed by atoms with Crippen LogP contribution in [0.2, 0.25) is 0 Å². The highest BCUT2D eigenvalue weighted by atomic mass is 16.5. The molecule has 1 amide bonds. The Balaban J connectivity index is 1.58. The second-order valence-corrected chi connectivity index (χ2v) is 6.39. The fourth-order valence-electron chi connectivity index (χ4n) is 3.13. The topological polar surface area (TPSA) is 38.3 Å². The van der Waals surface area contributed by atoms with Crippen molar-refractivity contribution in [3.05, 3.63) is 65.2 Å². The SMILES string of the molecule is CCCCc1ccc(CC(=O)N[C@H]2CCOc3ccccc32)cc1. The van der Waals surface area contributed by atoms with Crippen molar-refractivity contribution in [2.75, 3.05) is 6.61 Å². The third kappa shape index (κ3) is 4.16. The molecule has 3 rings (SSSR count). The maximum absolute atomic E-state index is 12.4. The summed E-state index contributed by atoms with van der Waals surface area (Å²) in [5.74, 6) is 0.951. The predicted molar refractivity (Wildman–Crippen MR) is 96.2 cm³/mol. The highest BCUT2D eigenvalue weighted by molar-refractivity contribution is 5.79. The lowest BCUT2D eigenvalue weighted by molar-refractivity contribution is -0.121. The minimum atomic E-state index is 0.0475. The first-order chi connectivity index (χ1) is 11.8. The average molecular weight is 323 g/mol. The third-order valence-corrected chi connectivity index (χ3v) is 4.50. The summed E-state index contributed by atoms with van der Waals surface area (Å²) in [7, 11) is 0. The number of nitrogens with one attached hydrogen (secondary N) is 1. The normalized spacial score (nSPS) is 16.1. The Morgan fingerprint density at radius 1 is 1.12 bits per heavy atom. The van der Waals surface area contributed by atoms with E-state index >= 15 is 0 Å². The summed E-state index contributed by atoms with van der Waals surface area (Å²) in [6.07, 6.45) is 4.77. The van der Waals surface area contributed by atoms with E-state index in [1.54, 1.807) is 0 Å². The van der Waals surface area contributed by atoms with E-state index in [9.17, 15) is 4.79 Å². The Kier molecular flexibility index (Phi) is 5.52. The molecule has 0 radical (unpaired) electrons. The van der Waals surface area contributed by atoms with Gasteiger partial charge in [-0.3, -0.25) is 4.79 Å². The molecule has 0 unspecified atom stereocenters. The molecule has 0 bridgehead atoms. The number of aryl methyl sites for hydroxylation is 1. The van der Waals surface area contributed by atoms with E-state index in [0.717, 1.165) is 29.7 Å². The molecule has 0 spiro atoms. The number of hydrogen-bond acceptors (Lipinski definition) is 2. The molecule has 1 heterocycles. The van der Waals surface area contributed by atoms with Gasteiger partial charge in [0.1, 0.15) is 5.75 Å². The van der Waals surface area contributed by atoms with Gasteiger partial charge in [0.2, 0.25) is 5.91 Å². The van der Waals surface area contributed by atoms with Crippen LogP contribution in [0, 0.1) is 0 Å². The maximum atomic E-state index is 12.4. The quantitative estimate of drug-likeness (QED) is 0.865. The minimum Gasteiger partial charge on any atom is -0.493 e. The lowest BCUT2D eigenvalue weighted by Gasteiger charge is -2.26. The van der Waals surface area contributed by atoms with E-state index < -0.39 is 0 Å². The van der Waals surface area contributed by atoms with E-state index in [1.807, 2.05) is 24.3 Å². The fraction of sp³-hybridized carbons (Fsp3) is 0.381. The van der Waals surface area contributed by atoms with Gasteiger partial charge in [0.15, 0.2) is 0 Å². The van der Waals surface area contributed by atoms with Crippen LogP contribution in [-0.4, -0.2) is 12.5 Å². The number of rotatable bonds is 6. The summed E-state index contributed by atoms with van der Waals surface area (Å²) < 4.78 is 5.65. The molecule has 3 nitrogen and oxygen atoms in total. The zero-order valence-corrected chi connectivity index (χ0v) is 14.3. The molecule has 1 N–H and O–H groups in total. The molecule has 0 saturated carbocycles. The number of ether oxygens (including phenoxy) is 1. The van der Waals surface area contributed by atoms with Crippen LogP contribution in [0.3, 0.4) is 0 Å². The molecule has 24 heavy (non-hydrogen) atoms. The molecule has 0 fully saturated rings. The molecular formula is C21H25NO2. The number of hydrogen-bond donors (Lipinski definition) is 1. The van der Waals surface area contributed by atoms with Gasteiger partial charge in [0, 0.05) is 12.0 Å². The monoisotopic (exact) mass is 323 g/mol. The molecule has 2 aromatic rings. The Labute approximate surface area is 144 Å². The summed E-state index contributed by atoms with van der Waals surface area (Å²) in [5.41, 5.74) is 3.49. The average Bonchev–Trinajstić information content (AvgIpc) is 2.61. The van der Waals surface area contributed by atoms with E-state index in [4.69, 9.17) is 4.74 Å². The lowest BCUT2D eigenvalue weighted by Crippen LogP contribution is -2.33. The van der Waals surface area contributed by atoms with Crippen molar-refractivity contribution in [3.63, 3.8) is 0 Å². The Morgan fingerprint density at radius 2 is 1.88 bits per heavy atom. The van der Waals surface area contributed by atoms with Gasteiger partial charge in [0.25, 0.3) is 0 Å². The first kappa shape index (κ1) is 16.6. The van der Waals surface area contributed by atoms with Crippen molar-refractivity contribution in [2.24, 2.45) is 0 Å². The molecule has 126 valence electrons. The molecule has 1 atom stereocenters. The summed E-state index contributed by atoms with van der Waals surface area (Å²) in [6, 6.07) is 16.4. The third-order valence-electron chi connectivity index (χ3n) is 4.50. The van der Waals surface area contributed by atoms with Crippen LogP contribution in [0.5, 0.6) is 5.75 Å². The molecule has 0 aromatic heterocycles. The number of para-hydroxylation sites is 1. The van der Waals surface area contributed by atoms with Gasteiger partial charge < -0.3 is 10.1 Å². The van der Waals surface area contributed by atoms with Crippen LogP contribution in [0.15, 0.2) is 48.5 Å².